The standard InChI is InChI=1S/C25H29BrN4O5/c26-19-1-3-20(4-2-19)28-23(31)17-35-22-7-5-21(6-8-22)30-16-18(15-24(30)32)25(33)27-9-10-29-11-13-34-14-12-29/h1-8,18H,9-17H2,(H,27,33)(H,28,31)/t18-/m1/s1. The van der Waals surface area contributed by atoms with Crippen molar-refractivity contribution in [1.82, 2.24) is 10.2 Å². The van der Waals surface area contributed by atoms with Crippen LogP contribution in [0.3, 0.4) is 0 Å². The number of hydrogen-bond donors (Lipinski definition) is 2. The van der Waals surface area contributed by atoms with Gasteiger partial charge in [-0.25, -0.2) is 0 Å². The maximum atomic E-state index is 12.6. The van der Waals surface area contributed by atoms with Crippen molar-refractivity contribution < 1.29 is 23.9 Å². The molecule has 2 aliphatic rings. The van der Waals surface area contributed by atoms with Crippen LogP contribution in [0.1, 0.15) is 6.42 Å². The summed E-state index contributed by atoms with van der Waals surface area (Å²) in [6, 6.07) is 14.2. The Labute approximate surface area is 212 Å². The molecule has 0 radical (unpaired) electrons. The third kappa shape index (κ3) is 7.27. The second-order valence-corrected chi connectivity index (χ2v) is 9.40. The number of benzene rings is 2. The lowest BCUT2D eigenvalue weighted by Crippen LogP contribution is -2.42. The number of carbonyl (C=O) groups excluding carboxylic acids is 3. The molecule has 0 unspecified atom stereocenters. The molecule has 0 saturated carbocycles. The largest absolute Gasteiger partial charge is 0.484 e. The fraction of sp³-hybridized carbons (Fsp3) is 0.400. The summed E-state index contributed by atoms with van der Waals surface area (Å²) in [4.78, 5) is 41.1. The lowest BCUT2D eigenvalue weighted by Gasteiger charge is -2.26. The number of halogens is 1. The zero-order chi connectivity index (χ0) is 24.6. The summed E-state index contributed by atoms with van der Waals surface area (Å²) >= 11 is 3.35. The predicted molar refractivity (Wildman–Crippen MR) is 135 cm³/mol. The van der Waals surface area contributed by atoms with Crippen molar-refractivity contribution in [2.24, 2.45) is 5.92 Å². The van der Waals surface area contributed by atoms with Gasteiger partial charge in [0, 0.05) is 55.0 Å². The third-order valence-corrected chi connectivity index (χ3v) is 6.50. The van der Waals surface area contributed by atoms with Crippen molar-refractivity contribution >= 4 is 45.0 Å². The minimum absolute atomic E-state index is 0.0825. The number of amides is 3. The summed E-state index contributed by atoms with van der Waals surface area (Å²) in [5.74, 6) is -0.297. The Morgan fingerprint density at radius 2 is 1.77 bits per heavy atom. The Hall–Kier alpha value is -2.95. The van der Waals surface area contributed by atoms with E-state index < -0.39 is 0 Å². The highest BCUT2D eigenvalue weighted by Crippen LogP contribution is 2.27. The van der Waals surface area contributed by atoms with E-state index in [9.17, 15) is 14.4 Å². The average molecular weight is 545 g/mol. The number of nitrogens with one attached hydrogen (secondary N) is 2. The normalized spacial score (nSPS) is 18.4. The van der Waals surface area contributed by atoms with E-state index >= 15 is 0 Å². The molecule has 0 aliphatic carbocycles. The van der Waals surface area contributed by atoms with Crippen molar-refractivity contribution in [3.05, 3.63) is 53.0 Å². The molecule has 9 nitrogen and oxygen atoms in total. The number of hydrogen-bond acceptors (Lipinski definition) is 6. The van der Waals surface area contributed by atoms with Gasteiger partial charge in [0.05, 0.1) is 19.1 Å². The van der Waals surface area contributed by atoms with Gasteiger partial charge < -0.3 is 25.0 Å². The molecule has 2 aromatic carbocycles. The number of anilines is 2. The van der Waals surface area contributed by atoms with Crippen LogP contribution in [0.2, 0.25) is 0 Å². The summed E-state index contributed by atoms with van der Waals surface area (Å²) in [5, 5.41) is 5.73. The molecule has 2 saturated heterocycles. The van der Waals surface area contributed by atoms with Crippen molar-refractivity contribution in [3.63, 3.8) is 0 Å². The number of carbonyl (C=O) groups is 3. The monoisotopic (exact) mass is 544 g/mol. The quantitative estimate of drug-likeness (QED) is 0.502. The zero-order valence-corrected chi connectivity index (χ0v) is 21.0. The molecule has 0 spiro atoms. The van der Waals surface area contributed by atoms with Gasteiger partial charge in [0.1, 0.15) is 5.75 Å². The fourth-order valence-electron chi connectivity index (χ4n) is 4.04. The van der Waals surface area contributed by atoms with Crippen LogP contribution in [0.4, 0.5) is 11.4 Å². The number of ether oxygens (including phenoxy) is 2. The minimum atomic E-state index is -0.370. The van der Waals surface area contributed by atoms with Crippen LogP contribution in [0.25, 0.3) is 0 Å². The molecular weight excluding hydrogens is 516 g/mol. The molecule has 2 N–H and O–H groups in total. The topological polar surface area (TPSA) is 100 Å². The number of nitrogens with zero attached hydrogens (tertiary/aromatic N) is 2. The molecule has 1 atom stereocenters. The predicted octanol–water partition coefficient (Wildman–Crippen LogP) is 2.27. The van der Waals surface area contributed by atoms with Gasteiger partial charge in [0.2, 0.25) is 11.8 Å². The molecule has 3 amide bonds. The third-order valence-electron chi connectivity index (χ3n) is 5.97. The minimum Gasteiger partial charge on any atom is -0.484 e. The first-order valence-electron chi connectivity index (χ1n) is 11.6. The number of morpholine rings is 1. The Bertz CT molecular complexity index is 1030. The van der Waals surface area contributed by atoms with E-state index in [4.69, 9.17) is 9.47 Å². The molecule has 35 heavy (non-hydrogen) atoms. The van der Waals surface area contributed by atoms with E-state index in [1.807, 2.05) is 12.1 Å². The molecule has 186 valence electrons. The van der Waals surface area contributed by atoms with Gasteiger partial charge in [0.15, 0.2) is 6.61 Å². The summed E-state index contributed by atoms with van der Waals surface area (Å²) in [6.45, 7) is 4.75. The van der Waals surface area contributed by atoms with Gasteiger partial charge in [-0.2, -0.15) is 0 Å². The summed E-state index contributed by atoms with van der Waals surface area (Å²) < 4.78 is 11.8. The van der Waals surface area contributed by atoms with Gasteiger partial charge in [-0.05, 0) is 48.5 Å². The van der Waals surface area contributed by atoms with Crippen molar-refractivity contribution in [2.75, 3.05) is 62.8 Å². The van der Waals surface area contributed by atoms with E-state index in [0.717, 1.165) is 37.3 Å². The second-order valence-electron chi connectivity index (χ2n) is 8.49. The number of rotatable bonds is 9. The molecule has 10 heteroatoms. The lowest BCUT2D eigenvalue weighted by atomic mass is 10.1. The van der Waals surface area contributed by atoms with Gasteiger partial charge in [-0.15, -0.1) is 0 Å². The van der Waals surface area contributed by atoms with Crippen LogP contribution in [-0.4, -0.2) is 75.2 Å². The lowest BCUT2D eigenvalue weighted by molar-refractivity contribution is -0.126. The molecule has 2 aliphatic heterocycles. The Balaban J connectivity index is 1.21. The van der Waals surface area contributed by atoms with Gasteiger partial charge >= 0.3 is 0 Å². The summed E-state index contributed by atoms with van der Waals surface area (Å²) in [5.41, 5.74) is 1.38. The van der Waals surface area contributed by atoms with Gasteiger partial charge in [-0.3, -0.25) is 19.3 Å². The Kier molecular flexibility index (Phi) is 8.73. The molecular formula is C25H29BrN4O5. The first-order chi connectivity index (χ1) is 17.0. The van der Waals surface area contributed by atoms with E-state index in [-0.39, 0.29) is 36.7 Å². The van der Waals surface area contributed by atoms with Gasteiger partial charge in [0.25, 0.3) is 5.91 Å². The first kappa shape index (κ1) is 25.2. The Morgan fingerprint density at radius 3 is 2.49 bits per heavy atom. The maximum Gasteiger partial charge on any atom is 0.262 e. The van der Waals surface area contributed by atoms with Gasteiger partial charge in [-0.1, -0.05) is 15.9 Å². The highest BCUT2D eigenvalue weighted by atomic mass is 79.9. The van der Waals surface area contributed by atoms with Crippen LogP contribution in [0, 0.1) is 5.92 Å². The second kappa shape index (κ2) is 12.1. The average Bonchev–Trinajstić information content (AvgIpc) is 3.27. The molecule has 2 aromatic rings. The Morgan fingerprint density at radius 1 is 1.06 bits per heavy atom. The van der Waals surface area contributed by atoms with Crippen molar-refractivity contribution in [1.29, 1.82) is 0 Å². The molecule has 2 fully saturated rings. The zero-order valence-electron chi connectivity index (χ0n) is 19.4. The molecule has 2 heterocycles. The van der Waals surface area contributed by atoms with E-state index in [2.05, 4.69) is 31.5 Å². The molecule has 4 rings (SSSR count). The SMILES string of the molecule is O=C(COc1ccc(N2C[C@H](C(=O)NCCN3CCOCC3)CC2=O)cc1)Nc1ccc(Br)cc1. The van der Waals surface area contributed by atoms with E-state index in [1.54, 1.807) is 41.3 Å². The van der Waals surface area contributed by atoms with Crippen LogP contribution >= 0.6 is 15.9 Å². The van der Waals surface area contributed by atoms with Crippen molar-refractivity contribution in [3.8, 4) is 5.75 Å². The first-order valence-corrected chi connectivity index (χ1v) is 12.4. The smallest absolute Gasteiger partial charge is 0.262 e. The van der Waals surface area contributed by atoms with Crippen LogP contribution in [0.15, 0.2) is 53.0 Å². The van der Waals surface area contributed by atoms with E-state index in [0.29, 0.717) is 30.2 Å². The van der Waals surface area contributed by atoms with Crippen LogP contribution < -0.4 is 20.3 Å². The molecule has 0 aromatic heterocycles. The highest BCUT2D eigenvalue weighted by molar-refractivity contribution is 9.10. The summed E-state index contributed by atoms with van der Waals surface area (Å²) in [6.07, 6.45) is 0.192. The van der Waals surface area contributed by atoms with Crippen molar-refractivity contribution in [2.45, 2.75) is 6.42 Å². The summed E-state index contributed by atoms with van der Waals surface area (Å²) in [7, 11) is 0. The maximum absolute atomic E-state index is 12.6. The highest BCUT2D eigenvalue weighted by Gasteiger charge is 2.35. The van der Waals surface area contributed by atoms with E-state index in [1.165, 1.54) is 0 Å². The fourth-order valence-corrected chi connectivity index (χ4v) is 4.30. The van der Waals surface area contributed by atoms with Crippen LogP contribution in [0.5, 0.6) is 5.75 Å². The molecule has 0 bridgehead atoms. The van der Waals surface area contributed by atoms with Crippen LogP contribution in [-0.2, 0) is 19.1 Å².